The fourth-order valence-corrected chi connectivity index (χ4v) is 1.90. The van der Waals surface area contributed by atoms with Gasteiger partial charge in [0.05, 0.1) is 6.61 Å². The highest BCUT2D eigenvalue weighted by molar-refractivity contribution is 4.93. The molecular formula is C12H18N2O3. The van der Waals surface area contributed by atoms with Crippen molar-refractivity contribution in [2.45, 2.75) is 18.6 Å². The molecule has 0 aliphatic carbocycles. The maximum atomic E-state index is 11.4. The number of hydrogen-bond donors (Lipinski definition) is 2. The van der Waals surface area contributed by atoms with E-state index in [-0.39, 0.29) is 5.56 Å². The fourth-order valence-electron chi connectivity index (χ4n) is 1.90. The Morgan fingerprint density at radius 2 is 2.41 bits per heavy atom. The summed E-state index contributed by atoms with van der Waals surface area (Å²) in [6, 6.07) is 5.10. The normalized spacial score (nSPS) is 24.1. The number of pyridine rings is 1. The van der Waals surface area contributed by atoms with Gasteiger partial charge in [0.1, 0.15) is 5.60 Å². The number of hydrogen-bond acceptors (Lipinski definition) is 4. The van der Waals surface area contributed by atoms with Gasteiger partial charge in [0.25, 0.3) is 5.56 Å². The average Bonchev–Trinajstić information content (AvgIpc) is 2.74. The van der Waals surface area contributed by atoms with Crippen molar-refractivity contribution in [1.82, 2.24) is 9.88 Å². The quantitative estimate of drug-likeness (QED) is 0.685. The van der Waals surface area contributed by atoms with E-state index in [1.165, 1.54) is 0 Å². The molecule has 5 heteroatoms. The van der Waals surface area contributed by atoms with Gasteiger partial charge in [-0.1, -0.05) is 6.07 Å². The lowest BCUT2D eigenvalue weighted by Gasteiger charge is -2.20. The SMILES string of the molecule is O=c1ccccn1CCNCC1(O)CCOC1. The van der Waals surface area contributed by atoms with E-state index < -0.39 is 5.60 Å². The molecule has 17 heavy (non-hydrogen) atoms. The Hall–Kier alpha value is -1.17. The van der Waals surface area contributed by atoms with Crippen molar-refractivity contribution >= 4 is 0 Å². The Labute approximate surface area is 100 Å². The van der Waals surface area contributed by atoms with Gasteiger partial charge in [0.2, 0.25) is 0 Å². The molecule has 1 aliphatic heterocycles. The highest BCUT2D eigenvalue weighted by atomic mass is 16.5. The highest BCUT2D eigenvalue weighted by Crippen LogP contribution is 2.16. The molecule has 0 spiro atoms. The largest absolute Gasteiger partial charge is 0.386 e. The van der Waals surface area contributed by atoms with Gasteiger partial charge in [-0.2, -0.15) is 0 Å². The van der Waals surface area contributed by atoms with E-state index in [1.807, 2.05) is 6.07 Å². The van der Waals surface area contributed by atoms with Gasteiger partial charge >= 0.3 is 0 Å². The third-order valence-electron chi connectivity index (χ3n) is 2.97. The molecule has 1 aromatic rings. The van der Waals surface area contributed by atoms with Crippen molar-refractivity contribution in [3.63, 3.8) is 0 Å². The monoisotopic (exact) mass is 238 g/mol. The van der Waals surface area contributed by atoms with Crippen LogP contribution in [0.25, 0.3) is 0 Å². The maximum Gasteiger partial charge on any atom is 0.250 e. The van der Waals surface area contributed by atoms with Crippen LogP contribution >= 0.6 is 0 Å². The van der Waals surface area contributed by atoms with E-state index in [9.17, 15) is 9.90 Å². The van der Waals surface area contributed by atoms with Crippen LogP contribution in [0.5, 0.6) is 0 Å². The smallest absolute Gasteiger partial charge is 0.250 e. The minimum atomic E-state index is -0.734. The zero-order valence-corrected chi connectivity index (χ0v) is 9.76. The summed E-state index contributed by atoms with van der Waals surface area (Å²) in [5.41, 5.74) is -0.737. The minimum absolute atomic E-state index is 0.00258. The predicted octanol–water partition coefficient (Wildman–Crippen LogP) is -0.411. The van der Waals surface area contributed by atoms with Crippen molar-refractivity contribution in [2.75, 3.05) is 26.3 Å². The first-order valence-electron chi connectivity index (χ1n) is 5.86. The van der Waals surface area contributed by atoms with Crippen LogP contribution in [-0.4, -0.2) is 41.6 Å². The van der Waals surface area contributed by atoms with Gasteiger partial charge in [-0.15, -0.1) is 0 Å². The number of nitrogens with zero attached hydrogens (tertiary/aromatic N) is 1. The molecule has 2 heterocycles. The van der Waals surface area contributed by atoms with Crippen molar-refractivity contribution in [2.24, 2.45) is 0 Å². The molecule has 0 bridgehead atoms. The minimum Gasteiger partial charge on any atom is -0.386 e. The summed E-state index contributed by atoms with van der Waals surface area (Å²) < 4.78 is 6.79. The summed E-state index contributed by atoms with van der Waals surface area (Å²) >= 11 is 0. The summed E-state index contributed by atoms with van der Waals surface area (Å²) in [6.07, 6.45) is 2.43. The molecule has 94 valence electrons. The van der Waals surface area contributed by atoms with Crippen molar-refractivity contribution < 1.29 is 9.84 Å². The molecule has 5 nitrogen and oxygen atoms in total. The van der Waals surface area contributed by atoms with Crippen molar-refractivity contribution in [1.29, 1.82) is 0 Å². The zero-order chi connectivity index (χ0) is 12.1. The van der Waals surface area contributed by atoms with E-state index in [2.05, 4.69) is 5.32 Å². The van der Waals surface area contributed by atoms with Gasteiger partial charge < -0.3 is 19.7 Å². The van der Waals surface area contributed by atoms with E-state index >= 15 is 0 Å². The fraction of sp³-hybridized carbons (Fsp3) is 0.583. The highest BCUT2D eigenvalue weighted by Gasteiger charge is 2.31. The van der Waals surface area contributed by atoms with Gasteiger partial charge in [-0.25, -0.2) is 0 Å². The molecule has 1 unspecified atom stereocenters. The molecule has 0 aromatic carbocycles. The van der Waals surface area contributed by atoms with Crippen LogP contribution in [-0.2, 0) is 11.3 Å². The van der Waals surface area contributed by atoms with Crippen LogP contribution < -0.4 is 10.9 Å². The van der Waals surface area contributed by atoms with E-state index in [1.54, 1.807) is 22.9 Å². The van der Waals surface area contributed by atoms with Crippen LogP contribution in [0, 0.1) is 0 Å². The van der Waals surface area contributed by atoms with Crippen LogP contribution in [0.3, 0.4) is 0 Å². The Morgan fingerprint density at radius 1 is 1.53 bits per heavy atom. The summed E-state index contributed by atoms with van der Waals surface area (Å²) in [4.78, 5) is 11.4. The molecular weight excluding hydrogens is 220 g/mol. The predicted molar refractivity (Wildman–Crippen MR) is 64.0 cm³/mol. The van der Waals surface area contributed by atoms with E-state index in [0.717, 1.165) is 0 Å². The first-order chi connectivity index (χ1) is 8.20. The van der Waals surface area contributed by atoms with Crippen LogP contribution in [0.15, 0.2) is 29.2 Å². The summed E-state index contributed by atoms with van der Waals surface area (Å²) in [5.74, 6) is 0. The lowest BCUT2D eigenvalue weighted by atomic mass is 10.0. The van der Waals surface area contributed by atoms with Crippen LogP contribution in [0.4, 0.5) is 0 Å². The summed E-state index contributed by atoms with van der Waals surface area (Å²) in [7, 11) is 0. The molecule has 0 amide bonds. The lowest BCUT2D eigenvalue weighted by molar-refractivity contribution is 0.0271. The van der Waals surface area contributed by atoms with Crippen molar-refractivity contribution in [3.05, 3.63) is 34.7 Å². The number of rotatable bonds is 5. The summed E-state index contributed by atoms with van der Waals surface area (Å²) in [6.45, 7) is 2.79. The Bertz CT molecular complexity index is 410. The zero-order valence-electron chi connectivity index (χ0n) is 9.76. The average molecular weight is 238 g/mol. The lowest BCUT2D eigenvalue weighted by Crippen LogP contribution is -2.42. The molecule has 0 radical (unpaired) electrons. The topological polar surface area (TPSA) is 63.5 Å². The summed E-state index contributed by atoms with van der Waals surface area (Å²) in [5, 5.41) is 13.1. The van der Waals surface area contributed by atoms with Crippen molar-refractivity contribution in [3.8, 4) is 0 Å². The van der Waals surface area contributed by atoms with Crippen LogP contribution in [0.1, 0.15) is 6.42 Å². The van der Waals surface area contributed by atoms with Gasteiger partial charge in [-0.3, -0.25) is 4.79 Å². The molecule has 1 aliphatic rings. The Morgan fingerprint density at radius 3 is 3.12 bits per heavy atom. The Balaban J connectivity index is 1.73. The van der Waals surface area contributed by atoms with Gasteiger partial charge in [0.15, 0.2) is 0 Å². The first kappa shape index (κ1) is 12.3. The number of ether oxygens (including phenoxy) is 1. The standard InChI is InChI=1S/C12H18N2O3/c15-11-3-1-2-6-14(11)7-5-13-9-12(16)4-8-17-10-12/h1-3,6,13,16H,4-5,7-10H2. The molecule has 1 saturated heterocycles. The second-order valence-corrected chi connectivity index (χ2v) is 4.44. The third kappa shape index (κ3) is 3.39. The van der Waals surface area contributed by atoms with Gasteiger partial charge in [-0.05, 0) is 6.07 Å². The third-order valence-corrected chi connectivity index (χ3v) is 2.97. The molecule has 1 fully saturated rings. The van der Waals surface area contributed by atoms with Gasteiger partial charge in [0, 0.05) is 44.9 Å². The van der Waals surface area contributed by atoms with Crippen LogP contribution in [0.2, 0.25) is 0 Å². The molecule has 0 saturated carbocycles. The van der Waals surface area contributed by atoms with E-state index in [4.69, 9.17) is 4.74 Å². The number of aromatic nitrogens is 1. The van der Waals surface area contributed by atoms with E-state index in [0.29, 0.717) is 39.3 Å². The maximum absolute atomic E-state index is 11.4. The second kappa shape index (κ2) is 5.44. The Kier molecular flexibility index (Phi) is 3.93. The first-order valence-corrected chi connectivity index (χ1v) is 5.86. The number of aliphatic hydroxyl groups is 1. The number of nitrogens with one attached hydrogen (secondary N) is 1. The molecule has 1 aromatic heterocycles. The second-order valence-electron chi connectivity index (χ2n) is 4.44. The molecule has 2 N–H and O–H groups in total. The molecule has 1 atom stereocenters. The molecule has 2 rings (SSSR count).